The van der Waals surface area contributed by atoms with Gasteiger partial charge >= 0.3 is 68.2 Å². The van der Waals surface area contributed by atoms with Gasteiger partial charge in [-0.05, 0) is 0 Å². The van der Waals surface area contributed by atoms with Crippen molar-refractivity contribution in [3.8, 4) is 0 Å². The third-order valence-corrected chi connectivity index (χ3v) is 0. The van der Waals surface area contributed by atoms with Gasteiger partial charge in [0.25, 0.3) is 0 Å². The number of hydrogen-bond acceptors (Lipinski definition) is 0. The van der Waals surface area contributed by atoms with Crippen LogP contribution >= 0.6 is 16.5 Å². The van der Waals surface area contributed by atoms with Crippen molar-refractivity contribution in [1.29, 1.82) is 0 Å². The van der Waals surface area contributed by atoms with Gasteiger partial charge < -0.3 is 4.70 Å². The van der Waals surface area contributed by atoms with Crippen LogP contribution in [0, 0.1) is 0 Å². The molecule has 0 N–H and O–H groups in total. The zero-order valence-electron chi connectivity index (χ0n) is 2.84. The fourth-order valence-corrected chi connectivity index (χ4v) is 0. The first-order valence-electron chi connectivity index (χ1n) is 0.535. The van der Waals surface area contributed by atoms with Gasteiger partial charge in [-0.2, -0.15) is 0 Å². The van der Waals surface area contributed by atoms with Crippen molar-refractivity contribution in [3.63, 3.8) is 0 Å². The van der Waals surface area contributed by atoms with E-state index in [0.29, 0.717) is 0 Å². The van der Waals surface area contributed by atoms with Gasteiger partial charge in [0, 0.05) is 0 Å². The zero-order chi connectivity index (χ0) is 2.71. The molecule has 0 spiro atoms. The molecule has 0 bridgehead atoms. The van der Waals surface area contributed by atoms with Gasteiger partial charge in [0.15, 0.2) is 0 Å². The van der Waals surface area contributed by atoms with E-state index in [0.717, 1.165) is 0 Å². The van der Waals surface area contributed by atoms with Gasteiger partial charge in [0.1, 0.15) is 0 Å². The molecule has 0 aromatic carbocycles. The maximum absolute atomic E-state index is 4.99. The summed E-state index contributed by atoms with van der Waals surface area (Å²) >= 11 is -1.14. The normalized spacial score (nSPS) is 2.00. The van der Waals surface area contributed by atoms with Crippen LogP contribution < -0.4 is 34.3 Å². The molecule has 0 aliphatic rings. The second-order valence-corrected chi connectivity index (χ2v) is 7.98. The van der Waals surface area contributed by atoms with Crippen LogP contribution in [0.25, 0.3) is 0 Å². The van der Waals surface area contributed by atoms with Crippen molar-refractivity contribution in [1.82, 2.24) is 0 Å². The molecule has 0 saturated heterocycles. The monoisotopic (exact) mass is 314 g/mol. The molecule has 24 valence electrons. The SMILES string of the molecule is [Cl][Hg][Cl].[F-].[Na+]. The average Bonchev–Trinajstić information content (AvgIpc) is 0.918. The Balaban J connectivity index is -0.0000000200. The Labute approximate surface area is 71.6 Å². The molecule has 0 heterocycles. The molecule has 5 heteroatoms. The molecule has 5 heavy (non-hydrogen) atoms. The fraction of sp³-hybridized carbons (Fsp3) is 0. The van der Waals surface area contributed by atoms with Crippen molar-refractivity contribution < 1.29 is 56.4 Å². The molecule has 0 aromatic heterocycles. The van der Waals surface area contributed by atoms with E-state index in [1.54, 1.807) is 0 Å². The van der Waals surface area contributed by atoms with Crippen LogP contribution in [0.3, 0.4) is 0 Å². The summed E-state index contributed by atoms with van der Waals surface area (Å²) in [5.41, 5.74) is 0. The van der Waals surface area contributed by atoms with Crippen LogP contribution in [0.2, 0.25) is 0 Å². The van der Waals surface area contributed by atoms with Gasteiger partial charge in [-0.3, -0.25) is 0 Å². The van der Waals surface area contributed by atoms with E-state index < -0.39 is 22.1 Å². The van der Waals surface area contributed by atoms with Crippen LogP contribution in [-0.4, -0.2) is 0 Å². The summed E-state index contributed by atoms with van der Waals surface area (Å²) in [7, 11) is 9.97. The van der Waals surface area contributed by atoms with Crippen LogP contribution in [0.5, 0.6) is 0 Å². The third-order valence-electron chi connectivity index (χ3n) is 0. The quantitative estimate of drug-likeness (QED) is 0.395. The van der Waals surface area contributed by atoms with Gasteiger partial charge in [-0.15, -0.1) is 0 Å². The Morgan fingerprint density at radius 3 is 1.20 bits per heavy atom. The topological polar surface area (TPSA) is 0 Å². The average molecular weight is 313 g/mol. The van der Waals surface area contributed by atoms with Crippen molar-refractivity contribution >= 4 is 16.5 Å². The van der Waals surface area contributed by atoms with Gasteiger partial charge in [0.2, 0.25) is 0 Å². The molecule has 0 radical (unpaired) electrons. The minimum absolute atomic E-state index is 0. The smallest absolute Gasteiger partial charge is 1.00 e. The number of rotatable bonds is 0. The Morgan fingerprint density at radius 2 is 1.20 bits per heavy atom. The van der Waals surface area contributed by atoms with E-state index in [1.165, 1.54) is 0 Å². The summed E-state index contributed by atoms with van der Waals surface area (Å²) in [5.74, 6) is 0. The molecule has 0 fully saturated rings. The first kappa shape index (κ1) is 15.7. The predicted octanol–water partition coefficient (Wildman–Crippen LogP) is -4.62. The third kappa shape index (κ3) is 21.3. The molecule has 0 rings (SSSR count). The molecular formula is Cl2FHgNa. The van der Waals surface area contributed by atoms with Crippen LogP contribution in [-0.2, 0) is 22.1 Å². The molecule has 0 aliphatic heterocycles. The van der Waals surface area contributed by atoms with Crippen LogP contribution in [0.4, 0.5) is 0 Å². The summed E-state index contributed by atoms with van der Waals surface area (Å²) in [5, 5.41) is 0. The summed E-state index contributed by atoms with van der Waals surface area (Å²) < 4.78 is 0. The molecular weight excluding hydrogens is 313 g/mol. The molecule has 0 unspecified atom stereocenters. The number of halogens is 3. The second-order valence-electron chi connectivity index (χ2n) is 0.101. The van der Waals surface area contributed by atoms with E-state index >= 15 is 0 Å². The van der Waals surface area contributed by atoms with Crippen molar-refractivity contribution in [2.75, 3.05) is 0 Å². The first-order valence-corrected chi connectivity index (χ1v) is 14.1. The predicted molar refractivity (Wildman–Crippen MR) is 11.7 cm³/mol. The van der Waals surface area contributed by atoms with Crippen LogP contribution in [0.1, 0.15) is 0 Å². The van der Waals surface area contributed by atoms with Gasteiger partial charge in [-0.1, -0.05) is 0 Å². The van der Waals surface area contributed by atoms with E-state index in [9.17, 15) is 0 Å². The molecule has 0 aliphatic carbocycles. The van der Waals surface area contributed by atoms with Crippen molar-refractivity contribution in [2.24, 2.45) is 0 Å². The molecule has 0 amide bonds. The molecule has 0 atom stereocenters. The number of hydrogen-bond donors (Lipinski definition) is 0. The zero-order valence-corrected chi connectivity index (χ0v) is 11.9. The molecule has 0 aromatic rings. The van der Waals surface area contributed by atoms with Crippen LogP contribution in [0.15, 0.2) is 0 Å². The van der Waals surface area contributed by atoms with E-state index in [1.807, 2.05) is 0 Å². The summed E-state index contributed by atoms with van der Waals surface area (Å²) in [6, 6.07) is 0. The largest absolute Gasteiger partial charge is 1.00 e. The van der Waals surface area contributed by atoms with E-state index in [-0.39, 0.29) is 34.3 Å². The summed E-state index contributed by atoms with van der Waals surface area (Å²) in [6.45, 7) is 0. The standard InChI is InChI=1S/2ClH.FH.Hg.Na/h3*1H;;/q;;;+2;+1/p-3. The maximum atomic E-state index is 4.99. The van der Waals surface area contributed by atoms with Crippen molar-refractivity contribution in [2.45, 2.75) is 0 Å². The Morgan fingerprint density at radius 1 is 1.20 bits per heavy atom. The van der Waals surface area contributed by atoms with E-state index in [2.05, 4.69) is 0 Å². The minimum Gasteiger partial charge on any atom is -1.00 e. The Bertz CT molecular complexity index is 9.61. The maximum Gasteiger partial charge on any atom is 1.00 e. The van der Waals surface area contributed by atoms with E-state index in [4.69, 9.17) is 16.5 Å². The summed E-state index contributed by atoms with van der Waals surface area (Å²) in [6.07, 6.45) is 0. The Kier molecular flexibility index (Phi) is 50.4. The second kappa shape index (κ2) is 16.1. The minimum atomic E-state index is -1.14. The van der Waals surface area contributed by atoms with Gasteiger partial charge in [-0.25, -0.2) is 0 Å². The Hall–Kier alpha value is 2.45. The molecule has 0 saturated carbocycles. The van der Waals surface area contributed by atoms with Gasteiger partial charge in [0.05, 0.1) is 0 Å². The fourth-order valence-electron chi connectivity index (χ4n) is 0. The first-order chi connectivity index (χ1) is 1.41. The molecule has 0 nitrogen and oxygen atoms in total. The summed E-state index contributed by atoms with van der Waals surface area (Å²) in [4.78, 5) is 0. The van der Waals surface area contributed by atoms with Crippen molar-refractivity contribution in [3.05, 3.63) is 0 Å².